The molecule has 0 radical (unpaired) electrons. The van der Waals surface area contributed by atoms with Gasteiger partial charge >= 0.3 is 7.12 Å². The van der Waals surface area contributed by atoms with Crippen molar-refractivity contribution < 1.29 is 19.2 Å². The predicted molar refractivity (Wildman–Crippen MR) is 93.8 cm³/mol. The van der Waals surface area contributed by atoms with Crippen LogP contribution in [0.5, 0.6) is 5.75 Å². The Morgan fingerprint density at radius 2 is 2.00 bits per heavy atom. The first-order chi connectivity index (χ1) is 11.4. The van der Waals surface area contributed by atoms with Crippen LogP contribution in [0.3, 0.4) is 0 Å². The Kier molecular flexibility index (Phi) is 4.48. The molecule has 0 saturated heterocycles. The van der Waals surface area contributed by atoms with Crippen LogP contribution in [0.2, 0.25) is 0 Å². The number of para-hydroxylation sites is 1. The van der Waals surface area contributed by atoms with Crippen LogP contribution >= 0.6 is 0 Å². The Labute approximate surface area is 142 Å². The number of ketones is 1. The number of carbonyl (C=O) groups excluding carboxylic acids is 1. The van der Waals surface area contributed by atoms with Crippen molar-refractivity contribution in [1.29, 1.82) is 0 Å². The van der Waals surface area contributed by atoms with Crippen molar-refractivity contribution in [2.75, 3.05) is 6.61 Å². The Bertz CT molecular complexity index is 770. The summed E-state index contributed by atoms with van der Waals surface area (Å²) in [6, 6.07) is 13.0. The largest absolute Gasteiger partial charge is 0.493 e. The van der Waals surface area contributed by atoms with E-state index in [2.05, 4.69) is 0 Å². The molecule has 1 aliphatic rings. The van der Waals surface area contributed by atoms with E-state index in [1.807, 2.05) is 51.1 Å². The highest BCUT2D eigenvalue weighted by Gasteiger charge is 2.40. The number of benzene rings is 2. The molecule has 0 aromatic heterocycles. The van der Waals surface area contributed by atoms with Gasteiger partial charge in [0.2, 0.25) is 0 Å². The number of fused-ring (bicyclic) bond motifs is 1. The average Bonchev–Trinajstić information content (AvgIpc) is 2.77. The summed E-state index contributed by atoms with van der Waals surface area (Å²) in [5.41, 5.74) is 2.62. The molecule has 1 aliphatic heterocycles. The second-order valence-electron chi connectivity index (χ2n) is 6.43. The number of ether oxygens (including phenoxy) is 1. The normalized spacial score (nSPS) is 15.2. The van der Waals surface area contributed by atoms with Crippen molar-refractivity contribution in [1.82, 2.24) is 0 Å². The van der Waals surface area contributed by atoms with Crippen molar-refractivity contribution in [2.24, 2.45) is 0 Å². The zero-order valence-corrected chi connectivity index (χ0v) is 14.2. The SMILES string of the molecule is CCOc1ccccc1C(=O)Cc1ccc2c(c1)B(O)OC2(C)C. The molecule has 0 saturated carbocycles. The van der Waals surface area contributed by atoms with E-state index in [0.717, 1.165) is 16.6 Å². The molecule has 0 fully saturated rings. The third-order valence-corrected chi connectivity index (χ3v) is 4.29. The molecule has 0 bridgehead atoms. The average molecular weight is 324 g/mol. The lowest BCUT2D eigenvalue weighted by Crippen LogP contribution is -2.29. The third-order valence-electron chi connectivity index (χ3n) is 4.29. The molecule has 0 unspecified atom stereocenters. The van der Waals surface area contributed by atoms with Crippen molar-refractivity contribution in [2.45, 2.75) is 32.8 Å². The summed E-state index contributed by atoms with van der Waals surface area (Å²) in [7, 11) is -0.944. The topological polar surface area (TPSA) is 55.8 Å². The highest BCUT2D eigenvalue weighted by molar-refractivity contribution is 6.62. The minimum absolute atomic E-state index is 0.00772. The number of hydrogen-bond acceptors (Lipinski definition) is 4. The maximum Gasteiger partial charge on any atom is 0.492 e. The van der Waals surface area contributed by atoms with Crippen LogP contribution in [0, 0.1) is 0 Å². The second kappa shape index (κ2) is 6.42. The van der Waals surface area contributed by atoms with Gasteiger partial charge in [0.05, 0.1) is 17.8 Å². The Morgan fingerprint density at radius 3 is 2.75 bits per heavy atom. The fourth-order valence-electron chi connectivity index (χ4n) is 3.14. The quantitative estimate of drug-likeness (QED) is 0.678. The van der Waals surface area contributed by atoms with Gasteiger partial charge in [-0.25, -0.2) is 0 Å². The minimum Gasteiger partial charge on any atom is -0.493 e. The summed E-state index contributed by atoms with van der Waals surface area (Å²) in [4.78, 5) is 12.6. The van der Waals surface area contributed by atoms with Gasteiger partial charge in [0, 0.05) is 6.42 Å². The molecule has 0 aliphatic carbocycles. The summed E-state index contributed by atoms with van der Waals surface area (Å²) < 4.78 is 11.1. The lowest BCUT2D eigenvalue weighted by atomic mass is 9.77. The van der Waals surface area contributed by atoms with Crippen molar-refractivity contribution in [3.63, 3.8) is 0 Å². The van der Waals surface area contributed by atoms with Crippen molar-refractivity contribution >= 4 is 18.4 Å². The molecule has 0 amide bonds. The van der Waals surface area contributed by atoms with Gasteiger partial charge in [0.1, 0.15) is 5.75 Å². The Balaban J connectivity index is 1.85. The van der Waals surface area contributed by atoms with Crippen LogP contribution in [0.25, 0.3) is 0 Å². The molecule has 0 atom stereocenters. The van der Waals surface area contributed by atoms with Gasteiger partial charge in [-0.15, -0.1) is 0 Å². The first-order valence-corrected chi connectivity index (χ1v) is 8.16. The zero-order chi connectivity index (χ0) is 17.3. The van der Waals surface area contributed by atoms with Crippen LogP contribution in [-0.2, 0) is 16.7 Å². The van der Waals surface area contributed by atoms with Crippen LogP contribution in [-0.4, -0.2) is 24.5 Å². The van der Waals surface area contributed by atoms with Crippen LogP contribution < -0.4 is 10.2 Å². The zero-order valence-electron chi connectivity index (χ0n) is 14.2. The van der Waals surface area contributed by atoms with Crippen LogP contribution in [0.15, 0.2) is 42.5 Å². The molecule has 2 aromatic carbocycles. The van der Waals surface area contributed by atoms with Crippen LogP contribution in [0.4, 0.5) is 0 Å². The lowest BCUT2D eigenvalue weighted by molar-refractivity contribution is 0.0987. The smallest absolute Gasteiger partial charge is 0.492 e. The van der Waals surface area contributed by atoms with Gasteiger partial charge in [-0.2, -0.15) is 0 Å². The lowest BCUT2D eigenvalue weighted by Gasteiger charge is -2.19. The predicted octanol–water partition coefficient (Wildman–Crippen LogP) is 2.46. The maximum absolute atomic E-state index is 12.6. The van der Waals surface area contributed by atoms with Crippen LogP contribution in [0.1, 0.15) is 42.3 Å². The molecule has 2 aromatic rings. The fourth-order valence-corrected chi connectivity index (χ4v) is 3.14. The van der Waals surface area contributed by atoms with Crippen molar-refractivity contribution in [3.05, 3.63) is 59.2 Å². The monoisotopic (exact) mass is 324 g/mol. The molecule has 24 heavy (non-hydrogen) atoms. The number of carbonyl (C=O) groups is 1. The molecular formula is C19H21BO4. The van der Waals surface area contributed by atoms with Gasteiger partial charge in [0.15, 0.2) is 5.78 Å². The van der Waals surface area contributed by atoms with Gasteiger partial charge in [-0.3, -0.25) is 4.79 Å². The molecule has 124 valence electrons. The van der Waals surface area contributed by atoms with Crippen molar-refractivity contribution in [3.8, 4) is 5.75 Å². The van der Waals surface area contributed by atoms with Gasteiger partial charge in [-0.1, -0.05) is 30.3 Å². The standard InChI is InChI=1S/C19H21BO4/c1-4-23-18-8-6-5-7-14(18)17(21)12-13-9-10-15-16(11-13)20(22)24-19(15,2)3/h5-11,22H,4,12H2,1-3H3. The van der Waals surface area contributed by atoms with E-state index >= 15 is 0 Å². The molecule has 1 N–H and O–H groups in total. The van der Waals surface area contributed by atoms with Gasteiger partial charge in [0.25, 0.3) is 0 Å². The molecule has 5 heteroatoms. The first kappa shape index (κ1) is 16.7. The fraction of sp³-hybridized carbons (Fsp3) is 0.316. The van der Waals surface area contributed by atoms with E-state index in [1.54, 1.807) is 12.1 Å². The molecule has 3 rings (SSSR count). The number of hydrogen-bond donors (Lipinski definition) is 1. The van der Waals surface area contributed by atoms with E-state index in [9.17, 15) is 9.82 Å². The molecule has 0 spiro atoms. The minimum atomic E-state index is -0.944. The highest BCUT2D eigenvalue weighted by atomic mass is 16.5. The van der Waals surface area contributed by atoms with E-state index in [-0.39, 0.29) is 12.2 Å². The first-order valence-electron chi connectivity index (χ1n) is 8.16. The van der Waals surface area contributed by atoms with Gasteiger partial charge in [-0.05, 0) is 49.5 Å². The Morgan fingerprint density at radius 1 is 1.25 bits per heavy atom. The third kappa shape index (κ3) is 3.10. The molecule has 1 heterocycles. The van der Waals surface area contributed by atoms with E-state index in [0.29, 0.717) is 17.9 Å². The number of rotatable bonds is 5. The number of Topliss-reactive ketones (excluding diaryl/α,β-unsaturated/α-hetero) is 1. The summed E-state index contributed by atoms with van der Waals surface area (Å²) >= 11 is 0. The molecular weight excluding hydrogens is 303 g/mol. The summed E-state index contributed by atoms with van der Waals surface area (Å²) in [5, 5.41) is 10.1. The van der Waals surface area contributed by atoms with E-state index in [4.69, 9.17) is 9.39 Å². The highest BCUT2D eigenvalue weighted by Crippen LogP contribution is 2.30. The van der Waals surface area contributed by atoms with E-state index < -0.39 is 12.7 Å². The van der Waals surface area contributed by atoms with E-state index in [1.165, 1.54) is 0 Å². The summed E-state index contributed by atoms with van der Waals surface area (Å²) in [6.45, 7) is 6.25. The van der Waals surface area contributed by atoms with Gasteiger partial charge < -0.3 is 14.4 Å². The maximum atomic E-state index is 12.6. The summed E-state index contributed by atoms with van der Waals surface area (Å²) in [6.07, 6.45) is 0.254. The molecule has 4 nitrogen and oxygen atoms in total. The summed E-state index contributed by atoms with van der Waals surface area (Å²) in [5.74, 6) is 0.599. The Hall–Kier alpha value is -2.11. The second-order valence-corrected chi connectivity index (χ2v) is 6.43.